The van der Waals surface area contributed by atoms with Gasteiger partial charge < -0.3 is 51.5 Å². The Labute approximate surface area is 497 Å². The maximum Gasteiger partial charge on any atom is 0.337 e. The van der Waals surface area contributed by atoms with Crippen molar-refractivity contribution in [2.75, 3.05) is 25.6 Å². The number of nitrogen functional groups attached to an aromatic ring is 2. The van der Waals surface area contributed by atoms with Gasteiger partial charge >= 0.3 is 23.6 Å². The van der Waals surface area contributed by atoms with Crippen molar-refractivity contribution in [2.24, 2.45) is 0 Å². The Balaban J connectivity index is 0.000000260. The van der Waals surface area contributed by atoms with Crippen LogP contribution in [-0.2, 0) is 54.6 Å². The molecular weight excluding hydrogens is 1150 g/mol. The molecule has 0 fully saturated rings. The van der Waals surface area contributed by atoms with Gasteiger partial charge in [-0.15, -0.1) is 0 Å². The second kappa shape index (κ2) is 30.4. The third-order valence-electron chi connectivity index (χ3n) is 11.9. The van der Waals surface area contributed by atoms with Gasteiger partial charge in [0, 0.05) is 51.4 Å². The summed E-state index contributed by atoms with van der Waals surface area (Å²) in [6.07, 6.45) is 0.930. The molecule has 83 heavy (non-hydrogen) atoms. The first-order valence-electron chi connectivity index (χ1n) is 25.4. The molecule has 0 aliphatic rings. The highest BCUT2D eigenvalue weighted by Gasteiger charge is 2.28. The molecule has 436 valence electrons. The Morgan fingerprint density at radius 2 is 1.02 bits per heavy atom. The van der Waals surface area contributed by atoms with Crippen molar-refractivity contribution in [3.8, 4) is 5.69 Å². The number of halogens is 4. The molecule has 0 unspecified atom stereocenters. The number of carbonyl (C=O) groups excluding carboxylic acids is 6. The van der Waals surface area contributed by atoms with Gasteiger partial charge in [-0.05, 0) is 123 Å². The van der Waals surface area contributed by atoms with Crippen molar-refractivity contribution < 1.29 is 48.1 Å². The summed E-state index contributed by atoms with van der Waals surface area (Å²) in [7, 11) is 3.23. The van der Waals surface area contributed by atoms with Gasteiger partial charge in [-0.2, -0.15) is 0 Å². The summed E-state index contributed by atoms with van der Waals surface area (Å²) in [5.41, 5.74) is 14.7. The Bertz CT molecular complexity index is 3570. The lowest BCUT2D eigenvalue weighted by Gasteiger charge is -2.20. The summed E-state index contributed by atoms with van der Waals surface area (Å²) >= 11 is 24.5. The summed E-state index contributed by atoms with van der Waals surface area (Å²) in [5, 5.41) is 15.1. The fourth-order valence-corrected chi connectivity index (χ4v) is 9.08. The van der Waals surface area contributed by atoms with Crippen LogP contribution in [0.5, 0.6) is 0 Å². The van der Waals surface area contributed by atoms with Crippen LogP contribution in [0, 0.1) is 0 Å². The van der Waals surface area contributed by atoms with Crippen LogP contribution in [0.3, 0.4) is 0 Å². The van der Waals surface area contributed by atoms with Crippen LogP contribution < -0.4 is 33.3 Å². The molecule has 1 heterocycles. The molecule has 0 radical (unpaired) electrons. The molecular formula is C59H60Cl4N8O12. The number of aromatic nitrogens is 2. The predicted molar refractivity (Wildman–Crippen MR) is 319 cm³/mol. The van der Waals surface area contributed by atoms with E-state index in [0.29, 0.717) is 48.4 Å². The van der Waals surface area contributed by atoms with Gasteiger partial charge in [-0.1, -0.05) is 94.9 Å². The van der Waals surface area contributed by atoms with Crippen molar-refractivity contribution >= 4 is 111 Å². The van der Waals surface area contributed by atoms with E-state index in [1.807, 2.05) is 0 Å². The van der Waals surface area contributed by atoms with E-state index in [1.54, 1.807) is 139 Å². The summed E-state index contributed by atoms with van der Waals surface area (Å²) in [5.74, 6) is -3.43. The normalized spacial score (nSPS) is 11.4. The van der Waals surface area contributed by atoms with Crippen molar-refractivity contribution in [1.29, 1.82) is 0 Å². The predicted octanol–water partition coefficient (Wildman–Crippen LogP) is 8.29. The molecule has 0 aliphatic carbocycles. The fraction of sp³-hybridized carbons (Fsp3) is 0.237. The van der Waals surface area contributed by atoms with E-state index in [0.717, 1.165) is 21.3 Å². The van der Waals surface area contributed by atoms with Crippen LogP contribution in [0.25, 0.3) is 16.6 Å². The Morgan fingerprint density at radius 3 is 1.45 bits per heavy atom. The number of benzene rings is 6. The Hall–Kier alpha value is -8.69. The SMILES string of the molecule is CC(C)OC(=O)[C@H](Cc1ccc(-n2c(=O)[nH]c3ccc(CN(C)C=O)cc3c2=O)cc1)NC(=O)c1c(Cl)cccc1Cl.CC(C)OC(=O)[C@H](Cc1ccc(N)cc1)NC(=O)c1c(Cl)cccc1Cl.CN(C=O)Cc1ccc(N)c(C(=O)O)c1. The molecule has 7 aromatic rings. The highest BCUT2D eigenvalue weighted by molar-refractivity contribution is 6.40. The average Bonchev–Trinajstić information content (AvgIpc) is 3.63. The Kier molecular flexibility index (Phi) is 23.8. The number of hydrogen-bond acceptors (Lipinski definition) is 13. The number of esters is 2. The van der Waals surface area contributed by atoms with E-state index in [-0.39, 0.29) is 66.8 Å². The molecule has 0 saturated carbocycles. The summed E-state index contributed by atoms with van der Waals surface area (Å²) in [6.45, 7) is 7.53. The second-order valence-corrected chi connectivity index (χ2v) is 20.9. The molecule has 0 bridgehead atoms. The zero-order valence-electron chi connectivity index (χ0n) is 45.8. The number of carbonyl (C=O) groups is 7. The molecule has 6 aromatic carbocycles. The number of hydrogen-bond donors (Lipinski definition) is 6. The van der Waals surface area contributed by atoms with Crippen molar-refractivity contribution in [1.82, 2.24) is 30.0 Å². The van der Waals surface area contributed by atoms with Gasteiger partial charge in [0.05, 0.1) is 65.6 Å². The maximum atomic E-state index is 13.4. The minimum Gasteiger partial charge on any atom is -0.478 e. The van der Waals surface area contributed by atoms with Crippen LogP contribution >= 0.6 is 46.4 Å². The monoisotopic (exact) mass is 1210 g/mol. The standard InChI is InChI=1S/C30H28Cl2N4O6.C19H20Cl2N2O3.C10H12N2O3/c1-17(2)42-29(40)25(33-27(38)26-22(31)5-4-6-23(26)32)14-18-7-10-20(11-8-18)36-28(39)21-13-19(15-35(3)16-37)9-12-24(21)34-30(36)41;1-11(2)26-19(25)16(10-12-6-8-13(22)9-7-12)23-18(24)17-14(20)4-3-5-15(17)21;1-12(6-13)5-7-2-3-9(11)8(4-7)10(14)15/h4-13,16-17,25H,14-15H2,1-3H3,(H,33,38)(H,34,41);3-9,11,16H,10,22H2,1-2H3,(H,23,24);2-4,6H,5,11H2,1H3,(H,14,15)/t25-;16-;/m00./s1. The van der Waals surface area contributed by atoms with Gasteiger partial charge in [-0.25, -0.2) is 23.7 Å². The molecule has 1 aromatic heterocycles. The fourth-order valence-electron chi connectivity index (χ4n) is 7.94. The van der Waals surface area contributed by atoms with Crippen molar-refractivity contribution in [3.05, 3.63) is 201 Å². The minimum absolute atomic E-state index is 0.0365. The lowest BCUT2D eigenvalue weighted by Crippen LogP contribution is -2.44. The molecule has 24 heteroatoms. The number of amides is 4. The lowest BCUT2D eigenvalue weighted by molar-refractivity contribution is -0.150. The molecule has 4 amide bonds. The zero-order chi connectivity index (χ0) is 61.2. The summed E-state index contributed by atoms with van der Waals surface area (Å²) in [4.78, 5) is 115. The molecule has 0 saturated heterocycles. The summed E-state index contributed by atoms with van der Waals surface area (Å²) in [6, 6.07) is 30.6. The van der Waals surface area contributed by atoms with E-state index in [4.69, 9.17) is 72.5 Å². The number of fused-ring (bicyclic) bond motifs is 1. The van der Waals surface area contributed by atoms with E-state index in [2.05, 4.69) is 15.6 Å². The van der Waals surface area contributed by atoms with E-state index in [1.165, 1.54) is 34.1 Å². The van der Waals surface area contributed by atoms with E-state index in [9.17, 15) is 43.2 Å². The molecule has 20 nitrogen and oxygen atoms in total. The first-order chi connectivity index (χ1) is 39.3. The van der Waals surface area contributed by atoms with Gasteiger partial charge in [0.15, 0.2) is 0 Å². The van der Waals surface area contributed by atoms with Crippen LogP contribution in [-0.4, -0.2) is 105 Å². The number of rotatable bonds is 20. The number of aromatic amines is 1. The first-order valence-corrected chi connectivity index (χ1v) is 26.9. The van der Waals surface area contributed by atoms with Crippen molar-refractivity contribution in [2.45, 2.75) is 77.9 Å². The first kappa shape index (κ1) is 65.1. The van der Waals surface area contributed by atoms with Gasteiger partial charge in [0.25, 0.3) is 17.4 Å². The lowest BCUT2D eigenvalue weighted by atomic mass is 10.0. The molecule has 2 atom stereocenters. The molecule has 0 spiro atoms. The van der Waals surface area contributed by atoms with E-state index >= 15 is 0 Å². The maximum absolute atomic E-state index is 13.4. The largest absolute Gasteiger partial charge is 0.478 e. The van der Waals surface area contributed by atoms with Gasteiger partial charge in [-0.3, -0.25) is 24.0 Å². The van der Waals surface area contributed by atoms with E-state index < -0.39 is 59.2 Å². The van der Waals surface area contributed by atoms with Crippen LogP contribution in [0.2, 0.25) is 20.1 Å². The zero-order valence-corrected chi connectivity index (χ0v) is 48.8. The smallest absolute Gasteiger partial charge is 0.337 e. The highest BCUT2D eigenvalue weighted by Crippen LogP contribution is 2.26. The Morgan fingerprint density at radius 1 is 0.614 bits per heavy atom. The van der Waals surface area contributed by atoms with Crippen LogP contribution in [0.1, 0.15) is 81.0 Å². The number of nitrogens with two attached hydrogens (primary N) is 2. The molecule has 7 rings (SSSR count). The summed E-state index contributed by atoms with van der Waals surface area (Å²) < 4.78 is 11.6. The molecule has 0 aliphatic heterocycles. The third-order valence-corrected chi connectivity index (χ3v) is 13.1. The minimum atomic E-state index is -1.08. The van der Waals surface area contributed by atoms with Gasteiger partial charge in [0.1, 0.15) is 12.1 Å². The number of ether oxygens (including phenoxy) is 2. The number of carboxylic acids is 1. The number of nitrogens with zero attached hydrogens (tertiary/aromatic N) is 3. The van der Waals surface area contributed by atoms with Crippen molar-refractivity contribution in [3.63, 3.8) is 0 Å². The quantitative estimate of drug-likeness (QED) is 0.0238. The van der Waals surface area contributed by atoms with Crippen LogP contribution in [0.15, 0.2) is 131 Å². The number of anilines is 2. The van der Waals surface area contributed by atoms with Crippen LogP contribution in [0.4, 0.5) is 11.4 Å². The number of nitrogens with one attached hydrogen (secondary N) is 3. The highest BCUT2D eigenvalue weighted by atomic mass is 35.5. The molecule has 8 N–H and O–H groups in total. The topological polar surface area (TPSA) is 296 Å². The second-order valence-electron chi connectivity index (χ2n) is 19.3. The third kappa shape index (κ3) is 18.7. The number of H-pyrrole nitrogens is 1. The van der Waals surface area contributed by atoms with Gasteiger partial charge in [0.2, 0.25) is 12.8 Å². The number of carboxylic acid groups (broad SMARTS) is 1. The number of aromatic carboxylic acids is 1. The average molecular weight is 1210 g/mol.